The van der Waals surface area contributed by atoms with E-state index in [9.17, 15) is 24.3 Å². The Morgan fingerprint density at radius 2 is 1.52 bits per heavy atom. The molecule has 0 aromatic heterocycles. The molecule has 0 saturated carbocycles. The van der Waals surface area contributed by atoms with E-state index in [1.54, 1.807) is 12.1 Å². The van der Waals surface area contributed by atoms with Gasteiger partial charge in [0.25, 0.3) is 0 Å². The van der Waals surface area contributed by atoms with Crippen molar-refractivity contribution in [1.29, 1.82) is 0 Å². The van der Waals surface area contributed by atoms with Crippen LogP contribution in [0.1, 0.15) is 40.7 Å². The summed E-state index contributed by atoms with van der Waals surface area (Å²) in [5, 5.41) is 11.0. The normalized spacial score (nSPS) is 13.8. The van der Waals surface area contributed by atoms with Gasteiger partial charge < -0.3 is 24.1 Å². The lowest BCUT2D eigenvalue weighted by molar-refractivity contribution is -0.141. The van der Waals surface area contributed by atoms with Crippen LogP contribution >= 0.6 is 0 Å². The molecule has 0 amide bonds. The van der Waals surface area contributed by atoms with E-state index in [0.29, 0.717) is 5.56 Å². The first-order valence-electron chi connectivity index (χ1n) is 9.86. The lowest BCUT2D eigenvalue weighted by atomic mass is 9.78. The summed E-state index contributed by atoms with van der Waals surface area (Å²) in [5.41, 5.74) is 0.295. The topological polar surface area (TPSA) is 125 Å². The van der Waals surface area contributed by atoms with Gasteiger partial charge in [0.15, 0.2) is 11.5 Å². The molecule has 33 heavy (non-hydrogen) atoms. The van der Waals surface area contributed by atoms with Crippen molar-refractivity contribution in [2.24, 2.45) is 0 Å². The van der Waals surface area contributed by atoms with Gasteiger partial charge in [0.05, 0.1) is 33.3 Å². The van der Waals surface area contributed by atoms with Crippen LogP contribution < -0.4 is 14.2 Å². The predicted octanol–water partition coefficient (Wildman–Crippen LogP) is 3.01. The lowest BCUT2D eigenvalue weighted by Gasteiger charge is -2.25. The zero-order valence-electron chi connectivity index (χ0n) is 18.5. The summed E-state index contributed by atoms with van der Waals surface area (Å²) in [6, 6.07) is 9.02. The Bertz CT molecular complexity index is 1150. The molecule has 0 radical (unpaired) electrons. The Morgan fingerprint density at radius 3 is 2.03 bits per heavy atom. The molecule has 0 saturated heterocycles. The third kappa shape index (κ3) is 4.43. The average molecular weight is 454 g/mol. The molecule has 0 unspecified atom stereocenters. The fourth-order valence-electron chi connectivity index (χ4n) is 3.69. The minimum atomic E-state index is -1.09. The number of esters is 2. The smallest absolute Gasteiger partial charge is 0.308 e. The van der Waals surface area contributed by atoms with Crippen LogP contribution in [0.25, 0.3) is 5.76 Å². The van der Waals surface area contributed by atoms with Gasteiger partial charge in [0.2, 0.25) is 17.3 Å². The van der Waals surface area contributed by atoms with Gasteiger partial charge in [0, 0.05) is 24.0 Å². The van der Waals surface area contributed by atoms with E-state index >= 15 is 0 Å². The number of ketones is 2. The maximum Gasteiger partial charge on any atom is 0.308 e. The Balaban J connectivity index is 2.27. The zero-order valence-corrected chi connectivity index (χ0v) is 18.5. The average Bonchev–Trinajstić information content (AvgIpc) is 2.81. The third-order valence-electron chi connectivity index (χ3n) is 5.21. The molecule has 2 aromatic rings. The van der Waals surface area contributed by atoms with Crippen molar-refractivity contribution in [2.45, 2.75) is 19.3 Å². The number of allylic oxidation sites excluding steroid dienone is 1. The van der Waals surface area contributed by atoms with E-state index in [2.05, 4.69) is 0 Å². The van der Waals surface area contributed by atoms with Gasteiger partial charge in [-0.1, -0.05) is 24.3 Å². The maximum atomic E-state index is 13.1. The largest absolute Gasteiger partial charge is 0.507 e. The Labute approximate surface area is 189 Å². The zero-order chi connectivity index (χ0) is 24.3. The highest BCUT2D eigenvalue weighted by atomic mass is 16.6. The van der Waals surface area contributed by atoms with Crippen molar-refractivity contribution < 1.29 is 43.2 Å². The van der Waals surface area contributed by atoms with Crippen LogP contribution in [0.3, 0.4) is 0 Å². The standard InChI is InChI=1S/C24H22O9/c1-12(25)33-24-17(30-2)9-13(10-18(24)31-3)16(11-19(26)32-4)20-21(27)14-7-5-6-8-15(14)22(28)23(20)29/h5-10,16,27H,11H2,1-4H3/t16-/m1/s1. The maximum absolute atomic E-state index is 13.1. The molecule has 0 heterocycles. The Kier molecular flexibility index (Phi) is 6.81. The van der Waals surface area contributed by atoms with E-state index in [4.69, 9.17) is 18.9 Å². The predicted molar refractivity (Wildman–Crippen MR) is 116 cm³/mol. The summed E-state index contributed by atoms with van der Waals surface area (Å²) in [6.07, 6.45) is -0.365. The van der Waals surface area contributed by atoms with Crippen molar-refractivity contribution in [3.8, 4) is 17.2 Å². The molecular weight excluding hydrogens is 432 g/mol. The van der Waals surface area contributed by atoms with Crippen LogP contribution in [-0.4, -0.2) is 49.9 Å². The summed E-state index contributed by atoms with van der Waals surface area (Å²) in [5.74, 6) is -4.36. The molecule has 172 valence electrons. The van der Waals surface area contributed by atoms with Gasteiger partial charge in [0.1, 0.15) is 5.76 Å². The molecule has 1 aliphatic carbocycles. The van der Waals surface area contributed by atoms with Crippen molar-refractivity contribution in [3.63, 3.8) is 0 Å². The molecule has 3 rings (SSSR count). The highest BCUT2D eigenvalue weighted by Crippen LogP contribution is 2.45. The second-order valence-corrected chi connectivity index (χ2v) is 7.15. The molecule has 0 aliphatic heterocycles. The first kappa shape index (κ1) is 23.5. The van der Waals surface area contributed by atoms with Crippen LogP contribution in [0.4, 0.5) is 0 Å². The number of carbonyl (C=O) groups is 4. The van der Waals surface area contributed by atoms with Gasteiger partial charge in [-0.15, -0.1) is 0 Å². The number of hydrogen-bond donors (Lipinski definition) is 1. The number of ether oxygens (including phenoxy) is 4. The number of benzene rings is 2. The first-order chi connectivity index (χ1) is 15.7. The molecule has 9 nitrogen and oxygen atoms in total. The van der Waals surface area contributed by atoms with Gasteiger partial charge in [-0.3, -0.25) is 19.2 Å². The molecule has 2 aromatic carbocycles. The minimum Gasteiger partial charge on any atom is -0.507 e. The van der Waals surface area contributed by atoms with Gasteiger partial charge in [-0.05, 0) is 17.7 Å². The Morgan fingerprint density at radius 1 is 0.939 bits per heavy atom. The summed E-state index contributed by atoms with van der Waals surface area (Å²) in [7, 11) is 3.86. The van der Waals surface area contributed by atoms with Crippen molar-refractivity contribution in [2.75, 3.05) is 21.3 Å². The number of fused-ring (bicyclic) bond motifs is 1. The van der Waals surface area contributed by atoms with Crippen molar-refractivity contribution in [3.05, 3.63) is 58.7 Å². The van der Waals surface area contributed by atoms with E-state index < -0.39 is 35.2 Å². The fraction of sp³-hybridized carbons (Fsp3) is 0.250. The van der Waals surface area contributed by atoms with E-state index in [-0.39, 0.29) is 40.4 Å². The van der Waals surface area contributed by atoms with E-state index in [1.807, 2.05) is 0 Å². The van der Waals surface area contributed by atoms with Gasteiger partial charge in [-0.25, -0.2) is 0 Å². The summed E-state index contributed by atoms with van der Waals surface area (Å²) >= 11 is 0. The number of carbonyl (C=O) groups excluding carboxylic acids is 4. The third-order valence-corrected chi connectivity index (χ3v) is 5.21. The first-order valence-corrected chi connectivity index (χ1v) is 9.86. The summed E-state index contributed by atoms with van der Waals surface area (Å²) < 4.78 is 20.6. The van der Waals surface area contributed by atoms with E-state index in [0.717, 1.165) is 0 Å². The second-order valence-electron chi connectivity index (χ2n) is 7.15. The monoisotopic (exact) mass is 454 g/mol. The Hall–Kier alpha value is -4.14. The number of Topliss-reactive ketones (excluding diaryl/α,β-unsaturated/α-hetero) is 2. The van der Waals surface area contributed by atoms with Gasteiger partial charge >= 0.3 is 11.9 Å². The second kappa shape index (κ2) is 9.56. The van der Waals surface area contributed by atoms with Crippen LogP contribution in [0, 0.1) is 0 Å². The summed E-state index contributed by atoms with van der Waals surface area (Å²) in [6.45, 7) is 1.21. The van der Waals surface area contributed by atoms with Crippen molar-refractivity contribution in [1.82, 2.24) is 0 Å². The van der Waals surface area contributed by atoms with E-state index in [1.165, 1.54) is 52.5 Å². The van der Waals surface area contributed by atoms with Crippen molar-refractivity contribution >= 4 is 29.3 Å². The fourth-order valence-corrected chi connectivity index (χ4v) is 3.69. The van der Waals surface area contributed by atoms with Crippen LogP contribution in [0.15, 0.2) is 42.0 Å². The summed E-state index contributed by atoms with van der Waals surface area (Å²) in [4.78, 5) is 49.6. The molecule has 9 heteroatoms. The van der Waals surface area contributed by atoms with Crippen LogP contribution in [0.2, 0.25) is 0 Å². The molecule has 1 atom stereocenters. The number of hydrogen-bond acceptors (Lipinski definition) is 9. The molecule has 0 bridgehead atoms. The number of aliphatic hydroxyl groups excluding tert-OH is 1. The SMILES string of the molecule is COC(=O)C[C@@H](C1=C(O)c2ccccc2C(=O)C1=O)c1cc(OC)c(OC(C)=O)c(OC)c1. The lowest BCUT2D eigenvalue weighted by Crippen LogP contribution is -2.28. The van der Waals surface area contributed by atoms with Crippen LogP contribution in [0.5, 0.6) is 17.2 Å². The molecular formula is C24H22O9. The molecule has 0 fully saturated rings. The highest BCUT2D eigenvalue weighted by molar-refractivity contribution is 6.52. The highest BCUT2D eigenvalue weighted by Gasteiger charge is 2.39. The number of aliphatic hydroxyl groups is 1. The minimum absolute atomic E-state index is 0.00247. The molecule has 0 spiro atoms. The molecule has 1 aliphatic rings. The number of methoxy groups -OCH3 is 3. The van der Waals surface area contributed by atoms with Gasteiger partial charge in [-0.2, -0.15) is 0 Å². The quantitative estimate of drug-likeness (QED) is 0.382. The number of rotatable bonds is 7. The van der Waals surface area contributed by atoms with Crippen LogP contribution in [-0.2, 0) is 19.1 Å². The molecule has 1 N–H and O–H groups in total.